The molecule has 106 valence electrons. The summed E-state index contributed by atoms with van der Waals surface area (Å²) in [6.45, 7) is 3.02. The number of aryl methyl sites for hydroxylation is 1. The van der Waals surface area contributed by atoms with E-state index >= 15 is 0 Å². The van der Waals surface area contributed by atoms with Gasteiger partial charge in [0.15, 0.2) is 0 Å². The number of sulfonamides is 1. The average molecular weight is 287 g/mol. The molecule has 1 rings (SSSR count). The summed E-state index contributed by atoms with van der Waals surface area (Å²) in [6.07, 6.45) is 0.438. The van der Waals surface area contributed by atoms with Gasteiger partial charge in [-0.15, -0.1) is 0 Å². The summed E-state index contributed by atoms with van der Waals surface area (Å²) in [7, 11) is -3.83. The Morgan fingerprint density at radius 3 is 2.53 bits per heavy atom. The molecule has 3 N–H and O–H groups in total. The van der Waals surface area contributed by atoms with E-state index in [9.17, 15) is 13.2 Å². The topological polar surface area (TPSA) is 104 Å². The van der Waals surface area contributed by atoms with E-state index in [1.54, 1.807) is 13.8 Å². The summed E-state index contributed by atoms with van der Waals surface area (Å²) in [5.74, 6) is -1.18. The molecule has 19 heavy (non-hydrogen) atoms. The van der Waals surface area contributed by atoms with Crippen molar-refractivity contribution >= 4 is 16.0 Å². The molecule has 1 atom stereocenters. The fourth-order valence-corrected chi connectivity index (χ4v) is 2.87. The van der Waals surface area contributed by atoms with Gasteiger partial charge in [-0.05, 0) is 31.0 Å². The van der Waals surface area contributed by atoms with Crippen molar-refractivity contribution in [2.75, 3.05) is 6.61 Å². The Hall–Kier alpha value is -1.44. The third-order valence-electron chi connectivity index (χ3n) is 2.78. The van der Waals surface area contributed by atoms with E-state index in [4.69, 9.17) is 10.2 Å². The first-order valence-electron chi connectivity index (χ1n) is 5.79. The van der Waals surface area contributed by atoms with Gasteiger partial charge in [-0.25, -0.2) is 17.9 Å². The van der Waals surface area contributed by atoms with Crippen LogP contribution >= 0.6 is 0 Å². The number of nitrogens with one attached hydrogen (secondary N) is 1. The zero-order chi connectivity index (χ0) is 14.6. The van der Waals surface area contributed by atoms with Gasteiger partial charge in [-0.2, -0.15) is 0 Å². The zero-order valence-corrected chi connectivity index (χ0v) is 11.6. The maximum absolute atomic E-state index is 12.0. The number of hydrogen-bond acceptors (Lipinski definition) is 4. The van der Waals surface area contributed by atoms with Gasteiger partial charge in [-0.3, -0.25) is 0 Å². The summed E-state index contributed by atoms with van der Waals surface area (Å²) in [6, 6.07) is 3.32. The highest BCUT2D eigenvalue weighted by atomic mass is 32.2. The fourth-order valence-electron chi connectivity index (χ4n) is 1.54. The summed E-state index contributed by atoms with van der Waals surface area (Å²) in [5, 5.41) is 18.0. The molecule has 0 amide bonds. The largest absolute Gasteiger partial charge is 0.478 e. The monoisotopic (exact) mass is 287 g/mol. The van der Waals surface area contributed by atoms with Crippen LogP contribution in [0.2, 0.25) is 0 Å². The van der Waals surface area contributed by atoms with Crippen LogP contribution in [-0.4, -0.2) is 37.2 Å². The maximum Gasteiger partial charge on any atom is 0.335 e. The highest BCUT2D eigenvalue weighted by Crippen LogP contribution is 2.16. The normalized spacial score (nSPS) is 13.2. The fraction of sp³-hybridized carbons (Fsp3) is 0.417. The van der Waals surface area contributed by atoms with E-state index in [0.717, 1.165) is 6.07 Å². The van der Waals surface area contributed by atoms with Crippen LogP contribution in [0.5, 0.6) is 0 Å². The minimum atomic E-state index is -3.83. The quantitative estimate of drug-likeness (QED) is 0.716. The van der Waals surface area contributed by atoms with Gasteiger partial charge in [0.25, 0.3) is 0 Å². The van der Waals surface area contributed by atoms with Gasteiger partial charge in [0.05, 0.1) is 17.1 Å². The molecule has 1 aromatic rings. The minimum Gasteiger partial charge on any atom is -0.478 e. The molecule has 1 aromatic carbocycles. The third kappa shape index (κ3) is 3.76. The van der Waals surface area contributed by atoms with E-state index in [-0.39, 0.29) is 17.1 Å². The summed E-state index contributed by atoms with van der Waals surface area (Å²) in [5.41, 5.74) is 0.431. The Balaban J connectivity index is 3.15. The average Bonchev–Trinajstić information content (AvgIpc) is 2.35. The van der Waals surface area contributed by atoms with Crippen LogP contribution in [0.4, 0.5) is 0 Å². The van der Waals surface area contributed by atoms with E-state index in [1.807, 2.05) is 0 Å². The van der Waals surface area contributed by atoms with Crippen molar-refractivity contribution in [2.45, 2.75) is 31.2 Å². The number of hydrogen-bond donors (Lipinski definition) is 3. The number of carbonyl (C=O) groups is 1. The molecule has 0 fully saturated rings. The highest BCUT2D eigenvalue weighted by molar-refractivity contribution is 7.89. The lowest BCUT2D eigenvalue weighted by molar-refractivity contribution is 0.0696. The predicted molar refractivity (Wildman–Crippen MR) is 69.6 cm³/mol. The van der Waals surface area contributed by atoms with Crippen LogP contribution in [0.25, 0.3) is 0 Å². The van der Waals surface area contributed by atoms with Crippen LogP contribution in [0, 0.1) is 6.92 Å². The van der Waals surface area contributed by atoms with Crippen LogP contribution in [0.1, 0.15) is 29.3 Å². The molecule has 0 spiro atoms. The van der Waals surface area contributed by atoms with Gasteiger partial charge in [0, 0.05) is 6.04 Å². The molecule has 0 aliphatic rings. The number of aromatic carboxylic acids is 1. The first-order chi connectivity index (χ1) is 8.81. The lowest BCUT2D eigenvalue weighted by Gasteiger charge is -2.15. The molecule has 0 aliphatic heterocycles. The number of rotatable bonds is 6. The molecular weight excluding hydrogens is 270 g/mol. The standard InChI is InChI=1S/C12H17NO5S/c1-3-9(7-14)13-19(17,18)10-5-4-8(2)11(6-10)12(15)16/h4-6,9,13-14H,3,7H2,1-2H3,(H,15,16)/t9-/m0/s1. The van der Waals surface area contributed by atoms with Crippen molar-refractivity contribution in [3.05, 3.63) is 29.3 Å². The Bertz CT molecular complexity index is 563. The Morgan fingerprint density at radius 2 is 2.05 bits per heavy atom. The number of carboxylic acids is 1. The summed E-state index contributed by atoms with van der Waals surface area (Å²) >= 11 is 0. The third-order valence-corrected chi connectivity index (χ3v) is 4.30. The second kappa shape index (κ2) is 6.14. The number of aliphatic hydroxyl groups is 1. The smallest absolute Gasteiger partial charge is 0.335 e. The zero-order valence-electron chi connectivity index (χ0n) is 10.8. The number of benzene rings is 1. The maximum atomic E-state index is 12.0. The Morgan fingerprint density at radius 1 is 1.42 bits per heavy atom. The van der Waals surface area contributed by atoms with Crippen molar-refractivity contribution < 1.29 is 23.4 Å². The molecular formula is C12H17NO5S. The van der Waals surface area contributed by atoms with Gasteiger partial charge in [-0.1, -0.05) is 13.0 Å². The Labute approximate surface area is 112 Å². The van der Waals surface area contributed by atoms with E-state index in [2.05, 4.69) is 4.72 Å². The van der Waals surface area contributed by atoms with Crippen molar-refractivity contribution in [2.24, 2.45) is 0 Å². The molecule has 0 radical (unpaired) electrons. The molecule has 6 nitrogen and oxygen atoms in total. The first-order valence-corrected chi connectivity index (χ1v) is 7.27. The van der Waals surface area contributed by atoms with Gasteiger partial charge in [0.2, 0.25) is 10.0 Å². The molecule has 7 heteroatoms. The lowest BCUT2D eigenvalue weighted by atomic mass is 10.1. The van der Waals surface area contributed by atoms with Crippen molar-refractivity contribution in [3.8, 4) is 0 Å². The second-order valence-electron chi connectivity index (χ2n) is 4.19. The van der Waals surface area contributed by atoms with Crippen LogP contribution < -0.4 is 4.72 Å². The van der Waals surface area contributed by atoms with E-state index < -0.39 is 22.0 Å². The summed E-state index contributed by atoms with van der Waals surface area (Å²) < 4.78 is 26.4. The van der Waals surface area contributed by atoms with Crippen molar-refractivity contribution in [1.82, 2.24) is 4.72 Å². The molecule has 0 unspecified atom stereocenters. The molecule has 0 saturated heterocycles. The summed E-state index contributed by atoms with van der Waals surface area (Å²) in [4.78, 5) is 10.9. The predicted octanol–water partition coefficient (Wildman–Crippen LogP) is 0.742. The van der Waals surface area contributed by atoms with E-state index in [0.29, 0.717) is 12.0 Å². The molecule has 0 aromatic heterocycles. The van der Waals surface area contributed by atoms with Gasteiger partial charge in [0.1, 0.15) is 0 Å². The molecule has 0 aliphatic carbocycles. The van der Waals surface area contributed by atoms with Crippen LogP contribution in [0.3, 0.4) is 0 Å². The van der Waals surface area contributed by atoms with Crippen molar-refractivity contribution in [1.29, 1.82) is 0 Å². The van der Waals surface area contributed by atoms with Crippen LogP contribution in [0.15, 0.2) is 23.1 Å². The lowest BCUT2D eigenvalue weighted by Crippen LogP contribution is -2.37. The SMILES string of the molecule is CC[C@@H](CO)NS(=O)(=O)c1ccc(C)c(C(=O)O)c1. The number of carboxylic acid groups (broad SMARTS) is 1. The second-order valence-corrected chi connectivity index (χ2v) is 5.90. The van der Waals surface area contributed by atoms with Crippen molar-refractivity contribution in [3.63, 3.8) is 0 Å². The minimum absolute atomic E-state index is 0.0556. The van der Waals surface area contributed by atoms with E-state index in [1.165, 1.54) is 12.1 Å². The molecule has 0 bridgehead atoms. The van der Waals surface area contributed by atoms with Crippen LogP contribution in [-0.2, 0) is 10.0 Å². The first kappa shape index (κ1) is 15.6. The molecule has 0 heterocycles. The number of aliphatic hydroxyl groups excluding tert-OH is 1. The Kier molecular flexibility index (Phi) is 5.04. The highest BCUT2D eigenvalue weighted by Gasteiger charge is 2.20. The van der Waals surface area contributed by atoms with Gasteiger partial charge >= 0.3 is 5.97 Å². The molecule has 0 saturated carbocycles. The van der Waals surface area contributed by atoms with Gasteiger partial charge < -0.3 is 10.2 Å².